The Hall–Kier alpha value is -0.580. The third-order valence-corrected chi connectivity index (χ3v) is 3.31. The summed E-state index contributed by atoms with van der Waals surface area (Å²) < 4.78 is 6.66. The van der Waals surface area contributed by atoms with Gasteiger partial charge in [-0.05, 0) is 30.5 Å². The fourth-order valence-corrected chi connectivity index (χ4v) is 2.16. The number of hydrogen-bond donors (Lipinski definition) is 2. The largest absolute Gasteiger partial charge is 0.492 e. The van der Waals surface area contributed by atoms with E-state index < -0.39 is 0 Å². The van der Waals surface area contributed by atoms with Crippen molar-refractivity contribution in [2.75, 3.05) is 19.8 Å². The van der Waals surface area contributed by atoms with Crippen molar-refractivity contribution in [3.05, 3.63) is 28.7 Å². The Labute approximate surface area is 118 Å². The molecule has 0 aliphatic heterocycles. The van der Waals surface area contributed by atoms with Crippen molar-refractivity contribution in [3.8, 4) is 5.75 Å². The first-order valence-corrected chi connectivity index (χ1v) is 7.15. The lowest BCUT2D eigenvalue weighted by Crippen LogP contribution is -2.37. The summed E-state index contributed by atoms with van der Waals surface area (Å²) in [6.07, 6.45) is 0.786. The van der Waals surface area contributed by atoms with Crippen LogP contribution in [0.1, 0.15) is 20.3 Å². The molecule has 0 heterocycles. The summed E-state index contributed by atoms with van der Waals surface area (Å²) in [5, 5.41) is 12.4. The number of halogens is 1. The van der Waals surface area contributed by atoms with Crippen LogP contribution in [0.4, 0.5) is 0 Å². The number of aliphatic hydroxyl groups is 1. The van der Waals surface area contributed by atoms with Crippen LogP contribution in [0.15, 0.2) is 28.7 Å². The van der Waals surface area contributed by atoms with Crippen LogP contribution >= 0.6 is 15.9 Å². The van der Waals surface area contributed by atoms with E-state index in [2.05, 4.69) is 35.1 Å². The number of rotatable bonds is 8. The SMILES string of the molecule is CC(C)C(CCO)NCCOc1cccc(Br)c1. The maximum Gasteiger partial charge on any atom is 0.120 e. The van der Waals surface area contributed by atoms with Crippen molar-refractivity contribution in [1.82, 2.24) is 5.32 Å². The first-order valence-electron chi connectivity index (χ1n) is 6.36. The Morgan fingerprint density at radius 2 is 2.17 bits per heavy atom. The van der Waals surface area contributed by atoms with Crippen LogP contribution in [0.3, 0.4) is 0 Å². The quantitative estimate of drug-likeness (QED) is 0.725. The van der Waals surface area contributed by atoms with Crippen LogP contribution in [0, 0.1) is 5.92 Å². The molecule has 4 heteroatoms. The molecule has 102 valence electrons. The van der Waals surface area contributed by atoms with Gasteiger partial charge in [-0.3, -0.25) is 0 Å². The van der Waals surface area contributed by atoms with E-state index in [4.69, 9.17) is 9.84 Å². The van der Waals surface area contributed by atoms with Gasteiger partial charge in [-0.25, -0.2) is 0 Å². The minimum atomic E-state index is 0.225. The van der Waals surface area contributed by atoms with Crippen LogP contribution in [0.2, 0.25) is 0 Å². The highest BCUT2D eigenvalue weighted by molar-refractivity contribution is 9.10. The molecular weight excluding hydrogens is 294 g/mol. The van der Waals surface area contributed by atoms with Gasteiger partial charge >= 0.3 is 0 Å². The van der Waals surface area contributed by atoms with Gasteiger partial charge < -0.3 is 15.2 Å². The third-order valence-electron chi connectivity index (χ3n) is 2.82. The highest BCUT2D eigenvalue weighted by atomic mass is 79.9. The Morgan fingerprint density at radius 1 is 1.39 bits per heavy atom. The highest BCUT2D eigenvalue weighted by Crippen LogP contribution is 2.17. The van der Waals surface area contributed by atoms with Crippen molar-refractivity contribution < 1.29 is 9.84 Å². The molecule has 1 unspecified atom stereocenters. The molecule has 0 aromatic heterocycles. The predicted octanol–water partition coefficient (Wildman–Crippen LogP) is 2.82. The Bertz CT molecular complexity index is 344. The lowest BCUT2D eigenvalue weighted by atomic mass is 10.0. The van der Waals surface area contributed by atoms with E-state index in [1.54, 1.807) is 0 Å². The number of ether oxygens (including phenoxy) is 1. The molecule has 1 aromatic carbocycles. The predicted molar refractivity (Wildman–Crippen MR) is 78.0 cm³/mol. The number of aliphatic hydroxyl groups excluding tert-OH is 1. The molecule has 0 radical (unpaired) electrons. The molecule has 2 N–H and O–H groups in total. The van der Waals surface area contributed by atoms with Gasteiger partial charge in [0.05, 0.1) is 0 Å². The summed E-state index contributed by atoms with van der Waals surface area (Å²) in [6.45, 7) is 5.95. The van der Waals surface area contributed by atoms with Gasteiger partial charge in [0.25, 0.3) is 0 Å². The second-order valence-electron chi connectivity index (χ2n) is 4.62. The van der Waals surface area contributed by atoms with Gasteiger partial charge in [-0.2, -0.15) is 0 Å². The fourth-order valence-electron chi connectivity index (χ4n) is 1.78. The molecule has 1 aromatic rings. The van der Waals surface area contributed by atoms with Gasteiger partial charge in [0.2, 0.25) is 0 Å². The van der Waals surface area contributed by atoms with Crippen LogP contribution in [0.25, 0.3) is 0 Å². The third kappa shape index (κ3) is 5.85. The van der Waals surface area contributed by atoms with E-state index in [0.29, 0.717) is 18.6 Å². The van der Waals surface area contributed by atoms with E-state index >= 15 is 0 Å². The lowest BCUT2D eigenvalue weighted by Gasteiger charge is -2.21. The number of benzene rings is 1. The summed E-state index contributed by atoms with van der Waals surface area (Å²) in [7, 11) is 0. The molecule has 0 fully saturated rings. The van der Waals surface area contributed by atoms with Gasteiger partial charge in [0.15, 0.2) is 0 Å². The molecule has 0 amide bonds. The minimum Gasteiger partial charge on any atom is -0.492 e. The minimum absolute atomic E-state index is 0.225. The molecule has 1 atom stereocenters. The van der Waals surface area contributed by atoms with Gasteiger partial charge in [-0.15, -0.1) is 0 Å². The standard InChI is InChI=1S/C14H22BrNO2/c1-11(2)14(6-8-17)16-7-9-18-13-5-3-4-12(15)10-13/h3-5,10-11,14,16-17H,6-9H2,1-2H3. The molecule has 0 saturated carbocycles. The first kappa shape index (κ1) is 15.5. The maximum atomic E-state index is 8.97. The molecular formula is C14H22BrNO2. The van der Waals surface area contributed by atoms with Crippen LogP contribution in [-0.2, 0) is 0 Å². The van der Waals surface area contributed by atoms with Crippen LogP contribution < -0.4 is 10.1 Å². The van der Waals surface area contributed by atoms with Crippen molar-refractivity contribution in [2.24, 2.45) is 5.92 Å². The van der Waals surface area contributed by atoms with Gasteiger partial charge in [-0.1, -0.05) is 35.8 Å². The lowest BCUT2D eigenvalue weighted by molar-refractivity contribution is 0.234. The molecule has 18 heavy (non-hydrogen) atoms. The van der Waals surface area contributed by atoms with Crippen molar-refractivity contribution in [2.45, 2.75) is 26.3 Å². The Kier molecular flexibility index (Phi) is 7.32. The average molecular weight is 316 g/mol. The van der Waals surface area contributed by atoms with Crippen molar-refractivity contribution in [1.29, 1.82) is 0 Å². The zero-order valence-electron chi connectivity index (χ0n) is 11.0. The van der Waals surface area contributed by atoms with E-state index in [0.717, 1.165) is 23.2 Å². The zero-order valence-corrected chi connectivity index (χ0v) is 12.6. The van der Waals surface area contributed by atoms with E-state index in [9.17, 15) is 0 Å². The Balaban J connectivity index is 2.25. The van der Waals surface area contributed by atoms with Gasteiger partial charge in [0, 0.05) is 23.7 Å². The maximum absolute atomic E-state index is 8.97. The fraction of sp³-hybridized carbons (Fsp3) is 0.571. The number of nitrogens with one attached hydrogen (secondary N) is 1. The monoisotopic (exact) mass is 315 g/mol. The second kappa shape index (κ2) is 8.51. The summed E-state index contributed by atoms with van der Waals surface area (Å²) in [5.41, 5.74) is 0. The normalized spacial score (nSPS) is 12.7. The summed E-state index contributed by atoms with van der Waals surface area (Å²) in [4.78, 5) is 0. The highest BCUT2D eigenvalue weighted by Gasteiger charge is 2.11. The smallest absolute Gasteiger partial charge is 0.120 e. The first-order chi connectivity index (χ1) is 8.63. The van der Waals surface area contributed by atoms with Crippen molar-refractivity contribution >= 4 is 15.9 Å². The molecule has 1 rings (SSSR count). The van der Waals surface area contributed by atoms with Gasteiger partial charge in [0.1, 0.15) is 12.4 Å². The topological polar surface area (TPSA) is 41.5 Å². The van der Waals surface area contributed by atoms with Crippen molar-refractivity contribution in [3.63, 3.8) is 0 Å². The summed E-state index contributed by atoms with van der Waals surface area (Å²) in [6, 6.07) is 8.17. The van der Waals surface area contributed by atoms with E-state index in [-0.39, 0.29) is 6.61 Å². The Morgan fingerprint density at radius 3 is 2.78 bits per heavy atom. The van der Waals surface area contributed by atoms with E-state index in [1.807, 2.05) is 24.3 Å². The summed E-state index contributed by atoms with van der Waals surface area (Å²) >= 11 is 3.41. The van der Waals surface area contributed by atoms with Crippen LogP contribution in [-0.4, -0.2) is 30.9 Å². The number of hydrogen-bond acceptors (Lipinski definition) is 3. The molecule has 0 bridgehead atoms. The molecule has 3 nitrogen and oxygen atoms in total. The summed E-state index contributed by atoms with van der Waals surface area (Å²) in [5.74, 6) is 1.39. The average Bonchev–Trinajstić information content (AvgIpc) is 2.33. The molecule has 0 saturated heterocycles. The van der Waals surface area contributed by atoms with Crippen LogP contribution in [0.5, 0.6) is 5.75 Å². The second-order valence-corrected chi connectivity index (χ2v) is 5.54. The molecule has 0 spiro atoms. The molecule has 0 aliphatic rings. The zero-order chi connectivity index (χ0) is 13.4. The molecule has 0 aliphatic carbocycles. The van der Waals surface area contributed by atoms with E-state index in [1.165, 1.54) is 0 Å².